The lowest BCUT2D eigenvalue weighted by molar-refractivity contribution is 0.171. The minimum absolute atomic E-state index is 0.226. The van der Waals surface area contributed by atoms with E-state index in [2.05, 4.69) is 21.2 Å². The van der Waals surface area contributed by atoms with Crippen LogP contribution in [0.1, 0.15) is 12.5 Å². The van der Waals surface area contributed by atoms with Crippen LogP contribution in [0.4, 0.5) is 4.39 Å². The van der Waals surface area contributed by atoms with Gasteiger partial charge in [0.2, 0.25) is 0 Å². The van der Waals surface area contributed by atoms with E-state index >= 15 is 0 Å². The Balaban J connectivity index is 2.50. The van der Waals surface area contributed by atoms with Gasteiger partial charge >= 0.3 is 0 Å². The summed E-state index contributed by atoms with van der Waals surface area (Å²) < 4.78 is 18.6. The molecule has 15 heavy (non-hydrogen) atoms. The first-order valence-corrected chi connectivity index (χ1v) is 5.59. The molecule has 2 nitrogen and oxygen atoms in total. The molecule has 0 amide bonds. The van der Waals surface area contributed by atoms with Gasteiger partial charge in [0, 0.05) is 24.2 Å². The van der Waals surface area contributed by atoms with E-state index < -0.39 is 0 Å². The molecule has 84 valence electrons. The lowest BCUT2D eigenvalue weighted by Crippen LogP contribution is -2.29. The molecule has 1 atom stereocenters. The zero-order valence-corrected chi connectivity index (χ0v) is 10.5. The molecular weight excluding hydrogens is 261 g/mol. The summed E-state index contributed by atoms with van der Waals surface area (Å²) in [5.74, 6) is -0.226. The third-order valence-corrected chi connectivity index (χ3v) is 2.81. The molecule has 0 saturated carbocycles. The van der Waals surface area contributed by atoms with Gasteiger partial charge in [0.1, 0.15) is 5.82 Å². The van der Waals surface area contributed by atoms with Gasteiger partial charge in [-0.25, -0.2) is 4.39 Å². The lowest BCUT2D eigenvalue weighted by atomic mass is 10.2. The Bertz CT molecular complexity index is 319. The van der Waals surface area contributed by atoms with E-state index in [4.69, 9.17) is 4.74 Å². The number of ether oxygens (including phenoxy) is 1. The predicted molar refractivity (Wildman–Crippen MR) is 62.3 cm³/mol. The molecule has 0 heterocycles. The van der Waals surface area contributed by atoms with Crippen molar-refractivity contribution in [1.29, 1.82) is 0 Å². The highest BCUT2D eigenvalue weighted by molar-refractivity contribution is 9.10. The zero-order chi connectivity index (χ0) is 11.3. The highest BCUT2D eigenvalue weighted by atomic mass is 79.9. The number of rotatable bonds is 5. The number of halogens is 2. The van der Waals surface area contributed by atoms with Crippen LogP contribution in [-0.4, -0.2) is 19.8 Å². The Morgan fingerprint density at radius 2 is 2.27 bits per heavy atom. The molecule has 0 saturated heterocycles. The summed E-state index contributed by atoms with van der Waals surface area (Å²) in [6.07, 6.45) is 0. The molecule has 0 aliphatic heterocycles. The van der Waals surface area contributed by atoms with Crippen molar-refractivity contribution >= 4 is 15.9 Å². The molecule has 1 rings (SSSR count). The van der Waals surface area contributed by atoms with Crippen LogP contribution in [0.15, 0.2) is 22.7 Å². The molecule has 1 N–H and O–H groups in total. The molecule has 4 heteroatoms. The maximum Gasteiger partial charge on any atom is 0.124 e. The average Bonchev–Trinajstić information content (AvgIpc) is 2.17. The molecule has 0 spiro atoms. The van der Waals surface area contributed by atoms with Gasteiger partial charge in [-0.15, -0.1) is 0 Å². The average molecular weight is 276 g/mol. The minimum atomic E-state index is -0.226. The SMILES string of the molecule is COCC(C)NCc1ccc(F)cc1Br. The molecule has 1 unspecified atom stereocenters. The number of hydrogen-bond donors (Lipinski definition) is 1. The van der Waals surface area contributed by atoms with Gasteiger partial charge < -0.3 is 10.1 Å². The van der Waals surface area contributed by atoms with Crippen molar-refractivity contribution in [2.45, 2.75) is 19.5 Å². The first-order valence-electron chi connectivity index (χ1n) is 4.79. The summed E-state index contributed by atoms with van der Waals surface area (Å²) in [7, 11) is 1.67. The third kappa shape index (κ3) is 4.28. The normalized spacial score (nSPS) is 12.8. The smallest absolute Gasteiger partial charge is 0.124 e. The van der Waals surface area contributed by atoms with Gasteiger partial charge in [-0.05, 0) is 24.6 Å². The van der Waals surface area contributed by atoms with Crippen molar-refractivity contribution in [3.63, 3.8) is 0 Å². The van der Waals surface area contributed by atoms with Crippen LogP contribution in [0.5, 0.6) is 0 Å². The molecule has 0 aromatic heterocycles. The van der Waals surface area contributed by atoms with E-state index in [9.17, 15) is 4.39 Å². The quantitative estimate of drug-likeness (QED) is 0.892. The van der Waals surface area contributed by atoms with Crippen molar-refractivity contribution in [3.05, 3.63) is 34.1 Å². The monoisotopic (exact) mass is 275 g/mol. The standard InChI is InChI=1S/C11H15BrFNO/c1-8(7-15-2)14-6-9-3-4-10(13)5-11(9)12/h3-5,8,14H,6-7H2,1-2H3. The fourth-order valence-electron chi connectivity index (χ4n) is 1.26. The van der Waals surface area contributed by atoms with Crippen molar-refractivity contribution in [2.75, 3.05) is 13.7 Å². The first-order chi connectivity index (χ1) is 7.13. The summed E-state index contributed by atoms with van der Waals surface area (Å²) in [5.41, 5.74) is 1.04. The molecule has 0 fully saturated rings. The summed E-state index contributed by atoms with van der Waals surface area (Å²) in [4.78, 5) is 0. The molecule has 0 radical (unpaired) electrons. The molecule has 0 aliphatic rings. The van der Waals surface area contributed by atoms with Crippen LogP contribution in [-0.2, 0) is 11.3 Å². The number of hydrogen-bond acceptors (Lipinski definition) is 2. The Hall–Kier alpha value is -0.450. The predicted octanol–water partition coefficient (Wildman–Crippen LogP) is 2.71. The highest BCUT2D eigenvalue weighted by Gasteiger charge is 2.04. The van der Waals surface area contributed by atoms with Crippen molar-refractivity contribution in [2.24, 2.45) is 0 Å². The summed E-state index contributed by atoms with van der Waals surface area (Å²) >= 11 is 3.32. The molecule has 1 aromatic rings. The zero-order valence-electron chi connectivity index (χ0n) is 8.89. The largest absolute Gasteiger partial charge is 0.383 e. The van der Waals surface area contributed by atoms with Gasteiger partial charge in [0.25, 0.3) is 0 Å². The van der Waals surface area contributed by atoms with Gasteiger partial charge in [0.05, 0.1) is 6.61 Å². The fraction of sp³-hybridized carbons (Fsp3) is 0.455. The van der Waals surface area contributed by atoms with Crippen molar-refractivity contribution in [1.82, 2.24) is 5.32 Å². The second-order valence-corrected chi connectivity index (χ2v) is 4.33. The number of nitrogens with one attached hydrogen (secondary N) is 1. The third-order valence-electron chi connectivity index (χ3n) is 2.07. The van der Waals surface area contributed by atoms with Crippen LogP contribution >= 0.6 is 15.9 Å². The summed E-state index contributed by atoms with van der Waals surface area (Å²) in [6, 6.07) is 4.99. The molecule has 0 bridgehead atoms. The Morgan fingerprint density at radius 3 is 2.87 bits per heavy atom. The molecular formula is C11H15BrFNO. The van der Waals surface area contributed by atoms with Crippen LogP contribution in [0.25, 0.3) is 0 Å². The lowest BCUT2D eigenvalue weighted by Gasteiger charge is -2.13. The molecule has 1 aromatic carbocycles. The number of methoxy groups -OCH3 is 1. The number of benzene rings is 1. The van der Waals surface area contributed by atoms with E-state index in [1.54, 1.807) is 13.2 Å². The summed E-state index contributed by atoms with van der Waals surface area (Å²) in [6.45, 7) is 3.41. The summed E-state index contributed by atoms with van der Waals surface area (Å²) in [5, 5.41) is 3.28. The van der Waals surface area contributed by atoms with Crippen molar-refractivity contribution < 1.29 is 9.13 Å². The second-order valence-electron chi connectivity index (χ2n) is 3.47. The second kappa shape index (κ2) is 6.20. The molecule has 0 aliphatic carbocycles. The van der Waals surface area contributed by atoms with Crippen LogP contribution in [0.3, 0.4) is 0 Å². The van der Waals surface area contributed by atoms with E-state index in [-0.39, 0.29) is 11.9 Å². The van der Waals surface area contributed by atoms with Gasteiger partial charge in [-0.3, -0.25) is 0 Å². The first kappa shape index (κ1) is 12.6. The minimum Gasteiger partial charge on any atom is -0.383 e. The van der Waals surface area contributed by atoms with Crippen LogP contribution < -0.4 is 5.32 Å². The Morgan fingerprint density at radius 1 is 1.53 bits per heavy atom. The van der Waals surface area contributed by atoms with Gasteiger partial charge in [0.15, 0.2) is 0 Å². The highest BCUT2D eigenvalue weighted by Crippen LogP contribution is 2.17. The van der Waals surface area contributed by atoms with Crippen molar-refractivity contribution in [3.8, 4) is 0 Å². The van der Waals surface area contributed by atoms with E-state index in [0.717, 1.165) is 10.0 Å². The maximum absolute atomic E-state index is 12.8. The maximum atomic E-state index is 12.8. The van der Waals surface area contributed by atoms with Crippen LogP contribution in [0.2, 0.25) is 0 Å². The Kier molecular flexibility index (Phi) is 5.22. The Labute approximate surface area is 98.0 Å². The fourth-order valence-corrected chi connectivity index (χ4v) is 1.75. The van der Waals surface area contributed by atoms with E-state index in [1.165, 1.54) is 12.1 Å². The van der Waals surface area contributed by atoms with E-state index in [0.29, 0.717) is 13.2 Å². The van der Waals surface area contributed by atoms with Crippen LogP contribution in [0, 0.1) is 5.82 Å². The van der Waals surface area contributed by atoms with E-state index in [1.807, 2.05) is 6.92 Å². The topological polar surface area (TPSA) is 21.3 Å². The van der Waals surface area contributed by atoms with Gasteiger partial charge in [-0.2, -0.15) is 0 Å². The van der Waals surface area contributed by atoms with Gasteiger partial charge in [-0.1, -0.05) is 22.0 Å².